The summed E-state index contributed by atoms with van der Waals surface area (Å²) in [6.45, 7) is 6.10. The molecule has 4 nitrogen and oxygen atoms in total. The first-order chi connectivity index (χ1) is 7.49. The van der Waals surface area contributed by atoms with Gasteiger partial charge in [-0.05, 0) is 36.6 Å². The van der Waals surface area contributed by atoms with Crippen LogP contribution in [-0.4, -0.2) is 17.8 Å². The molecule has 0 spiro atoms. The van der Waals surface area contributed by atoms with E-state index < -0.39 is 6.09 Å². The Morgan fingerprint density at radius 1 is 1.50 bits per heavy atom. The minimum absolute atomic E-state index is 0.209. The van der Waals surface area contributed by atoms with Crippen molar-refractivity contribution in [2.45, 2.75) is 20.8 Å². The number of phenolic OH excluding ortho intramolecular Hbond substituents is 1. The van der Waals surface area contributed by atoms with Gasteiger partial charge in [-0.3, -0.25) is 5.32 Å². The number of ether oxygens (including phenoxy) is 1. The number of aryl methyl sites for hydroxylation is 1. The third-order valence-electron chi connectivity index (χ3n) is 1.99. The molecule has 0 aromatic heterocycles. The summed E-state index contributed by atoms with van der Waals surface area (Å²) in [6.07, 6.45) is -0.473. The van der Waals surface area contributed by atoms with E-state index in [1.54, 1.807) is 19.1 Å². The molecule has 1 amide bonds. The van der Waals surface area contributed by atoms with Gasteiger partial charge in [0.15, 0.2) is 0 Å². The zero-order valence-electron chi connectivity index (χ0n) is 9.78. The van der Waals surface area contributed by atoms with Crippen molar-refractivity contribution in [3.63, 3.8) is 0 Å². The normalized spacial score (nSPS) is 10.2. The molecular formula is C12H17NO3. The third-order valence-corrected chi connectivity index (χ3v) is 1.99. The van der Waals surface area contributed by atoms with Gasteiger partial charge in [0.05, 0.1) is 6.61 Å². The fourth-order valence-electron chi connectivity index (χ4n) is 1.13. The van der Waals surface area contributed by atoms with Gasteiger partial charge in [0, 0.05) is 5.69 Å². The summed E-state index contributed by atoms with van der Waals surface area (Å²) >= 11 is 0. The summed E-state index contributed by atoms with van der Waals surface area (Å²) < 4.78 is 4.96. The average Bonchev–Trinajstić information content (AvgIpc) is 2.21. The topological polar surface area (TPSA) is 58.6 Å². The Morgan fingerprint density at radius 3 is 2.75 bits per heavy atom. The van der Waals surface area contributed by atoms with Crippen molar-refractivity contribution in [3.05, 3.63) is 23.8 Å². The maximum Gasteiger partial charge on any atom is 0.411 e. The molecule has 4 heteroatoms. The number of rotatable bonds is 3. The highest BCUT2D eigenvalue weighted by Crippen LogP contribution is 2.20. The summed E-state index contributed by atoms with van der Waals surface area (Å²) in [5.74, 6) is 0.522. The molecule has 0 aliphatic carbocycles. The molecule has 0 saturated carbocycles. The maximum absolute atomic E-state index is 11.3. The van der Waals surface area contributed by atoms with E-state index in [1.807, 2.05) is 13.8 Å². The second-order valence-corrected chi connectivity index (χ2v) is 4.12. The van der Waals surface area contributed by atoms with Crippen LogP contribution in [0.25, 0.3) is 0 Å². The molecule has 88 valence electrons. The molecular weight excluding hydrogens is 206 g/mol. The van der Waals surface area contributed by atoms with Crippen molar-refractivity contribution in [2.24, 2.45) is 5.92 Å². The second-order valence-electron chi connectivity index (χ2n) is 4.12. The number of phenols is 1. The number of aromatic hydroxyl groups is 1. The first-order valence-corrected chi connectivity index (χ1v) is 5.22. The Kier molecular flexibility index (Phi) is 4.17. The smallest absolute Gasteiger partial charge is 0.411 e. The number of carbonyl (C=O) groups excluding carboxylic acids is 1. The fourth-order valence-corrected chi connectivity index (χ4v) is 1.13. The predicted octanol–water partition coefficient (Wildman–Crippen LogP) is 2.91. The molecule has 0 aliphatic rings. The van der Waals surface area contributed by atoms with Crippen LogP contribution in [0.3, 0.4) is 0 Å². The Morgan fingerprint density at radius 2 is 2.19 bits per heavy atom. The van der Waals surface area contributed by atoms with E-state index in [0.717, 1.165) is 0 Å². The lowest BCUT2D eigenvalue weighted by Gasteiger charge is -2.09. The van der Waals surface area contributed by atoms with Gasteiger partial charge in [-0.25, -0.2) is 4.79 Å². The van der Waals surface area contributed by atoms with E-state index >= 15 is 0 Å². The second kappa shape index (κ2) is 5.39. The van der Waals surface area contributed by atoms with E-state index in [-0.39, 0.29) is 5.75 Å². The van der Waals surface area contributed by atoms with Gasteiger partial charge in [-0.15, -0.1) is 0 Å². The third kappa shape index (κ3) is 3.81. The van der Waals surface area contributed by atoms with Crippen LogP contribution in [0.2, 0.25) is 0 Å². The van der Waals surface area contributed by atoms with Crippen molar-refractivity contribution >= 4 is 11.8 Å². The van der Waals surface area contributed by atoms with Crippen molar-refractivity contribution in [1.82, 2.24) is 0 Å². The van der Waals surface area contributed by atoms with Crippen LogP contribution >= 0.6 is 0 Å². The molecule has 0 unspecified atom stereocenters. The Hall–Kier alpha value is -1.71. The number of nitrogens with one attached hydrogen (secondary N) is 1. The standard InChI is InChI=1S/C12H17NO3/c1-8(2)7-16-12(15)13-10-4-5-11(14)9(3)6-10/h4-6,8,14H,7H2,1-3H3,(H,13,15). The number of hydrogen-bond donors (Lipinski definition) is 2. The van der Waals surface area contributed by atoms with Gasteiger partial charge in [0.1, 0.15) is 5.75 Å². The van der Waals surface area contributed by atoms with Gasteiger partial charge in [-0.2, -0.15) is 0 Å². The van der Waals surface area contributed by atoms with Crippen LogP contribution in [0.5, 0.6) is 5.75 Å². The SMILES string of the molecule is Cc1cc(NC(=O)OCC(C)C)ccc1O. The zero-order valence-corrected chi connectivity index (χ0v) is 9.78. The highest BCUT2D eigenvalue weighted by molar-refractivity contribution is 5.84. The van der Waals surface area contributed by atoms with E-state index in [0.29, 0.717) is 23.8 Å². The molecule has 16 heavy (non-hydrogen) atoms. The first-order valence-electron chi connectivity index (χ1n) is 5.22. The molecule has 0 saturated heterocycles. The minimum atomic E-state index is -0.473. The predicted molar refractivity (Wildman–Crippen MR) is 62.7 cm³/mol. The summed E-state index contributed by atoms with van der Waals surface area (Å²) in [5.41, 5.74) is 1.32. The molecule has 0 bridgehead atoms. The number of hydrogen-bond acceptors (Lipinski definition) is 3. The first kappa shape index (κ1) is 12.4. The van der Waals surface area contributed by atoms with Crippen LogP contribution in [-0.2, 0) is 4.74 Å². The van der Waals surface area contributed by atoms with Crippen LogP contribution in [0, 0.1) is 12.8 Å². The molecule has 0 radical (unpaired) electrons. The summed E-state index contributed by atoms with van der Waals surface area (Å²) in [6, 6.07) is 4.85. The highest BCUT2D eigenvalue weighted by atomic mass is 16.5. The minimum Gasteiger partial charge on any atom is -0.508 e. The molecule has 1 rings (SSSR count). The van der Waals surface area contributed by atoms with E-state index in [2.05, 4.69) is 5.32 Å². The Labute approximate surface area is 95.2 Å². The number of carbonyl (C=O) groups is 1. The van der Waals surface area contributed by atoms with Crippen LogP contribution < -0.4 is 5.32 Å². The lowest BCUT2D eigenvalue weighted by atomic mass is 10.2. The molecule has 1 aromatic rings. The lowest BCUT2D eigenvalue weighted by Crippen LogP contribution is -2.16. The molecule has 0 aliphatic heterocycles. The van der Waals surface area contributed by atoms with Crippen molar-refractivity contribution in [2.75, 3.05) is 11.9 Å². The number of benzene rings is 1. The maximum atomic E-state index is 11.3. The summed E-state index contributed by atoms with van der Waals surface area (Å²) in [7, 11) is 0. The molecule has 0 atom stereocenters. The Bertz CT molecular complexity index is 375. The van der Waals surface area contributed by atoms with E-state index in [1.165, 1.54) is 6.07 Å². The van der Waals surface area contributed by atoms with E-state index in [9.17, 15) is 9.90 Å². The van der Waals surface area contributed by atoms with Crippen molar-refractivity contribution in [3.8, 4) is 5.75 Å². The lowest BCUT2D eigenvalue weighted by molar-refractivity contribution is 0.147. The average molecular weight is 223 g/mol. The molecule has 0 heterocycles. The molecule has 2 N–H and O–H groups in total. The monoisotopic (exact) mass is 223 g/mol. The molecule has 0 fully saturated rings. The van der Waals surface area contributed by atoms with Crippen LogP contribution in [0.1, 0.15) is 19.4 Å². The van der Waals surface area contributed by atoms with Crippen molar-refractivity contribution in [1.29, 1.82) is 0 Å². The number of amides is 1. The van der Waals surface area contributed by atoms with Gasteiger partial charge < -0.3 is 9.84 Å². The van der Waals surface area contributed by atoms with E-state index in [4.69, 9.17) is 4.74 Å². The Balaban J connectivity index is 2.53. The molecule has 1 aromatic carbocycles. The van der Waals surface area contributed by atoms with Crippen LogP contribution in [0.4, 0.5) is 10.5 Å². The summed E-state index contributed by atoms with van der Waals surface area (Å²) in [5, 5.41) is 11.9. The van der Waals surface area contributed by atoms with Crippen molar-refractivity contribution < 1.29 is 14.6 Å². The fraction of sp³-hybridized carbons (Fsp3) is 0.417. The largest absolute Gasteiger partial charge is 0.508 e. The quantitative estimate of drug-likeness (QED) is 0.774. The van der Waals surface area contributed by atoms with Crippen LogP contribution in [0.15, 0.2) is 18.2 Å². The summed E-state index contributed by atoms with van der Waals surface area (Å²) in [4.78, 5) is 11.3. The van der Waals surface area contributed by atoms with Gasteiger partial charge in [-0.1, -0.05) is 13.8 Å². The number of anilines is 1. The highest BCUT2D eigenvalue weighted by Gasteiger charge is 2.05. The van der Waals surface area contributed by atoms with Gasteiger partial charge in [0.2, 0.25) is 0 Å². The van der Waals surface area contributed by atoms with Gasteiger partial charge in [0.25, 0.3) is 0 Å². The zero-order chi connectivity index (χ0) is 12.1. The van der Waals surface area contributed by atoms with Gasteiger partial charge >= 0.3 is 6.09 Å².